The van der Waals surface area contributed by atoms with Gasteiger partial charge in [-0.15, -0.1) is 0 Å². The van der Waals surface area contributed by atoms with Crippen LogP contribution in [-0.4, -0.2) is 25.0 Å². The monoisotopic (exact) mass is 348 g/mol. The van der Waals surface area contributed by atoms with Crippen molar-refractivity contribution in [2.75, 3.05) is 12.4 Å². The summed E-state index contributed by atoms with van der Waals surface area (Å²) in [5.74, 6) is -0.259. The maximum absolute atomic E-state index is 12.2. The molecule has 1 unspecified atom stereocenters. The smallest absolute Gasteiger partial charge is 0.265 e. The summed E-state index contributed by atoms with van der Waals surface area (Å²) in [5, 5.41) is 3.06. The van der Waals surface area contributed by atoms with Gasteiger partial charge in [-0.25, -0.2) is 0 Å². The number of rotatable bonds is 6. The van der Waals surface area contributed by atoms with E-state index in [0.717, 1.165) is 0 Å². The van der Waals surface area contributed by atoms with Gasteiger partial charge in [0, 0.05) is 5.69 Å². The lowest BCUT2D eigenvalue weighted by Crippen LogP contribution is -2.30. The van der Waals surface area contributed by atoms with E-state index < -0.39 is 17.9 Å². The van der Waals surface area contributed by atoms with Gasteiger partial charge < -0.3 is 20.5 Å². The van der Waals surface area contributed by atoms with Crippen molar-refractivity contribution in [3.05, 3.63) is 53.1 Å². The fourth-order valence-electron chi connectivity index (χ4n) is 2.00. The van der Waals surface area contributed by atoms with E-state index in [1.807, 2.05) is 0 Å². The Morgan fingerprint density at radius 2 is 1.88 bits per heavy atom. The van der Waals surface area contributed by atoms with E-state index in [9.17, 15) is 9.59 Å². The van der Waals surface area contributed by atoms with Crippen LogP contribution in [0.25, 0.3) is 0 Å². The largest absolute Gasteiger partial charge is 0.495 e. The van der Waals surface area contributed by atoms with Crippen molar-refractivity contribution in [3.8, 4) is 11.5 Å². The third-order valence-electron chi connectivity index (χ3n) is 3.24. The quantitative estimate of drug-likeness (QED) is 0.839. The number of para-hydroxylation sites is 1. The number of nitrogens with one attached hydrogen (secondary N) is 1. The molecule has 2 rings (SSSR count). The molecule has 7 heteroatoms. The van der Waals surface area contributed by atoms with Crippen LogP contribution in [-0.2, 0) is 4.79 Å². The van der Waals surface area contributed by atoms with Crippen molar-refractivity contribution in [1.29, 1.82) is 0 Å². The molecule has 126 valence electrons. The van der Waals surface area contributed by atoms with Gasteiger partial charge in [0.05, 0.1) is 17.7 Å². The second-order valence-corrected chi connectivity index (χ2v) is 5.37. The molecule has 2 aromatic carbocycles. The average molecular weight is 349 g/mol. The Morgan fingerprint density at radius 1 is 1.17 bits per heavy atom. The Balaban J connectivity index is 2.08. The number of ether oxygens (including phenoxy) is 2. The molecule has 6 nitrogen and oxygen atoms in total. The molecule has 0 radical (unpaired) electrons. The van der Waals surface area contributed by atoms with Crippen LogP contribution in [0, 0.1) is 0 Å². The van der Waals surface area contributed by atoms with Crippen LogP contribution in [0.1, 0.15) is 17.3 Å². The van der Waals surface area contributed by atoms with Gasteiger partial charge in [-0.3, -0.25) is 9.59 Å². The summed E-state index contributed by atoms with van der Waals surface area (Å²) in [7, 11) is 1.51. The highest BCUT2D eigenvalue weighted by Crippen LogP contribution is 2.27. The van der Waals surface area contributed by atoms with E-state index in [-0.39, 0.29) is 11.3 Å². The summed E-state index contributed by atoms with van der Waals surface area (Å²) < 4.78 is 10.6. The van der Waals surface area contributed by atoms with Crippen LogP contribution in [0.3, 0.4) is 0 Å². The molecule has 0 aliphatic rings. The minimum Gasteiger partial charge on any atom is -0.495 e. The summed E-state index contributed by atoms with van der Waals surface area (Å²) in [6, 6.07) is 11.3. The van der Waals surface area contributed by atoms with Crippen molar-refractivity contribution in [2.24, 2.45) is 5.73 Å². The van der Waals surface area contributed by atoms with Crippen LogP contribution in [0.4, 0.5) is 5.69 Å². The van der Waals surface area contributed by atoms with Crippen LogP contribution in [0.15, 0.2) is 42.5 Å². The summed E-state index contributed by atoms with van der Waals surface area (Å²) >= 11 is 6.02. The van der Waals surface area contributed by atoms with Crippen molar-refractivity contribution < 1.29 is 19.1 Å². The normalized spacial score (nSPS) is 11.5. The molecule has 0 spiro atoms. The Morgan fingerprint density at radius 3 is 2.50 bits per heavy atom. The molecule has 0 aromatic heterocycles. The maximum Gasteiger partial charge on any atom is 0.265 e. The molecule has 0 saturated heterocycles. The Kier molecular flexibility index (Phi) is 5.65. The third kappa shape index (κ3) is 4.17. The molecule has 0 aliphatic heterocycles. The Labute approximate surface area is 144 Å². The lowest BCUT2D eigenvalue weighted by Gasteiger charge is -2.16. The van der Waals surface area contributed by atoms with Crippen LogP contribution >= 0.6 is 11.6 Å². The van der Waals surface area contributed by atoms with Gasteiger partial charge in [0.25, 0.3) is 11.8 Å². The number of carbonyl (C=O) groups excluding carboxylic acids is 2. The molecule has 1 atom stereocenters. The third-order valence-corrected chi connectivity index (χ3v) is 3.54. The Hall–Kier alpha value is -2.73. The maximum atomic E-state index is 12.2. The highest BCUT2D eigenvalue weighted by atomic mass is 35.5. The Bertz CT molecular complexity index is 764. The number of methoxy groups -OCH3 is 1. The average Bonchev–Trinajstić information content (AvgIpc) is 2.55. The number of hydrogen-bond acceptors (Lipinski definition) is 4. The number of halogens is 1. The number of hydrogen-bond donors (Lipinski definition) is 2. The number of anilines is 1. The molecular weight excluding hydrogens is 332 g/mol. The highest BCUT2D eigenvalue weighted by Gasteiger charge is 2.18. The zero-order chi connectivity index (χ0) is 17.7. The predicted molar refractivity (Wildman–Crippen MR) is 91.7 cm³/mol. The second-order valence-electron chi connectivity index (χ2n) is 4.96. The van der Waals surface area contributed by atoms with Gasteiger partial charge in [0.1, 0.15) is 11.5 Å². The molecule has 0 heterocycles. The zero-order valence-corrected chi connectivity index (χ0v) is 14.0. The first-order chi connectivity index (χ1) is 11.4. The van der Waals surface area contributed by atoms with Crippen LogP contribution in [0.5, 0.6) is 11.5 Å². The first-order valence-corrected chi connectivity index (χ1v) is 7.50. The molecule has 24 heavy (non-hydrogen) atoms. The van der Waals surface area contributed by atoms with Crippen molar-refractivity contribution in [3.63, 3.8) is 0 Å². The summed E-state index contributed by atoms with van der Waals surface area (Å²) in [5.41, 5.74) is 6.00. The summed E-state index contributed by atoms with van der Waals surface area (Å²) in [6.45, 7) is 1.57. The molecule has 0 saturated carbocycles. The molecule has 0 bridgehead atoms. The van der Waals surface area contributed by atoms with Gasteiger partial charge in [0.2, 0.25) is 0 Å². The molecule has 3 N–H and O–H groups in total. The predicted octanol–water partition coefficient (Wildman–Crippen LogP) is 2.85. The van der Waals surface area contributed by atoms with Gasteiger partial charge in [-0.1, -0.05) is 23.7 Å². The lowest BCUT2D eigenvalue weighted by atomic mass is 10.2. The van der Waals surface area contributed by atoms with Crippen molar-refractivity contribution in [2.45, 2.75) is 13.0 Å². The van der Waals surface area contributed by atoms with E-state index in [1.54, 1.807) is 43.3 Å². The number of nitrogens with two attached hydrogens (primary N) is 1. The van der Waals surface area contributed by atoms with Gasteiger partial charge >= 0.3 is 0 Å². The van der Waals surface area contributed by atoms with Gasteiger partial charge in [-0.2, -0.15) is 0 Å². The summed E-state index contributed by atoms with van der Waals surface area (Å²) in [4.78, 5) is 23.6. The van der Waals surface area contributed by atoms with Crippen LogP contribution < -0.4 is 20.5 Å². The first-order valence-electron chi connectivity index (χ1n) is 7.12. The lowest BCUT2D eigenvalue weighted by molar-refractivity contribution is -0.122. The van der Waals surface area contributed by atoms with E-state index in [0.29, 0.717) is 16.5 Å². The number of carbonyl (C=O) groups is 2. The topological polar surface area (TPSA) is 90.7 Å². The second kappa shape index (κ2) is 7.70. The molecule has 2 amide bonds. The fourth-order valence-corrected chi connectivity index (χ4v) is 2.26. The number of benzene rings is 2. The molecule has 2 aromatic rings. The highest BCUT2D eigenvalue weighted by molar-refractivity contribution is 6.32. The van der Waals surface area contributed by atoms with E-state index in [1.165, 1.54) is 13.2 Å². The molecule has 0 fully saturated rings. The van der Waals surface area contributed by atoms with E-state index in [4.69, 9.17) is 26.8 Å². The molecular formula is C17H17ClN2O4. The number of primary amides is 1. The minimum absolute atomic E-state index is 0.213. The van der Waals surface area contributed by atoms with Crippen molar-refractivity contribution >= 4 is 29.1 Å². The van der Waals surface area contributed by atoms with Gasteiger partial charge in [0.15, 0.2) is 6.10 Å². The fraction of sp³-hybridized carbons (Fsp3) is 0.176. The summed E-state index contributed by atoms with van der Waals surface area (Å²) in [6.07, 6.45) is -0.841. The SMILES string of the molecule is COc1ccc(NC(=O)C(C)Oc2ccccc2C(N)=O)cc1Cl. The standard InChI is InChI=1S/C17H17ClN2O4/c1-10(24-14-6-4-3-5-12(14)16(19)21)17(22)20-11-7-8-15(23-2)13(18)9-11/h3-10H,1-2H3,(H2,19,21)(H,20,22). The van der Waals surface area contributed by atoms with E-state index >= 15 is 0 Å². The zero-order valence-electron chi connectivity index (χ0n) is 13.2. The van der Waals surface area contributed by atoms with E-state index in [2.05, 4.69) is 5.32 Å². The van der Waals surface area contributed by atoms with Gasteiger partial charge in [-0.05, 0) is 37.3 Å². The van der Waals surface area contributed by atoms with Crippen LogP contribution in [0.2, 0.25) is 5.02 Å². The van der Waals surface area contributed by atoms with Crippen molar-refractivity contribution in [1.82, 2.24) is 0 Å². The molecule has 0 aliphatic carbocycles. The minimum atomic E-state index is -0.841. The first kappa shape index (κ1) is 17.6. The number of amides is 2.